The van der Waals surface area contributed by atoms with Gasteiger partial charge in [0.05, 0.1) is 10.9 Å². The molecule has 1 saturated heterocycles. The van der Waals surface area contributed by atoms with Gasteiger partial charge in [0, 0.05) is 25.3 Å². The molecule has 0 bridgehead atoms. The Balaban J connectivity index is 0.00000156. The van der Waals surface area contributed by atoms with Gasteiger partial charge in [-0.05, 0) is 17.9 Å². The molecule has 1 atom stereocenters. The second kappa shape index (κ2) is 7.55. The molecule has 1 fully saturated rings. The Morgan fingerprint density at radius 2 is 2.00 bits per heavy atom. The smallest absolute Gasteiger partial charge is 0.327 e. The molecule has 1 aliphatic rings. The van der Waals surface area contributed by atoms with Crippen LogP contribution in [-0.4, -0.2) is 44.9 Å². The van der Waals surface area contributed by atoms with Gasteiger partial charge in [-0.25, -0.2) is 9.78 Å². The van der Waals surface area contributed by atoms with Crippen molar-refractivity contribution in [1.82, 2.24) is 19.9 Å². The number of piperidine rings is 1. The van der Waals surface area contributed by atoms with Gasteiger partial charge < -0.3 is 10.6 Å². The van der Waals surface area contributed by atoms with Gasteiger partial charge in [-0.3, -0.25) is 19.6 Å². The van der Waals surface area contributed by atoms with E-state index in [9.17, 15) is 14.4 Å². The fraction of sp³-hybridized carbons (Fsp3) is 0.467. The van der Waals surface area contributed by atoms with Gasteiger partial charge in [0.1, 0.15) is 5.65 Å². The number of carbonyl (C=O) groups excluding carboxylic acids is 1. The van der Waals surface area contributed by atoms with Crippen molar-refractivity contribution in [2.45, 2.75) is 26.3 Å². The predicted octanol–water partition coefficient (Wildman–Crippen LogP) is 0.654. The zero-order valence-corrected chi connectivity index (χ0v) is 15.5. The first-order valence-corrected chi connectivity index (χ1v) is 7.45. The van der Waals surface area contributed by atoms with Crippen molar-refractivity contribution in [3.63, 3.8) is 0 Å². The number of fused-ring (bicyclic) bond motifs is 1. The van der Waals surface area contributed by atoms with E-state index in [-0.39, 0.29) is 53.2 Å². The maximum Gasteiger partial charge on any atom is 0.327 e. The number of carbonyl (C=O) groups is 1. The molecule has 2 aromatic heterocycles. The Morgan fingerprint density at radius 3 is 2.64 bits per heavy atom. The number of halogens is 2. The van der Waals surface area contributed by atoms with Crippen LogP contribution in [0.5, 0.6) is 0 Å². The number of amides is 1. The van der Waals surface area contributed by atoms with Crippen molar-refractivity contribution in [2.24, 2.45) is 11.1 Å². The van der Waals surface area contributed by atoms with Crippen molar-refractivity contribution in [3.8, 4) is 0 Å². The molecule has 8 nitrogen and oxygen atoms in total. The summed E-state index contributed by atoms with van der Waals surface area (Å²) >= 11 is 0. The number of nitrogens with zero attached hydrogens (tertiary/aromatic N) is 2. The highest BCUT2D eigenvalue weighted by Crippen LogP contribution is 2.28. The molecule has 138 valence electrons. The van der Waals surface area contributed by atoms with Gasteiger partial charge in [0.15, 0.2) is 0 Å². The molecule has 1 unspecified atom stereocenters. The van der Waals surface area contributed by atoms with E-state index in [4.69, 9.17) is 5.73 Å². The maximum absolute atomic E-state index is 12.7. The standard InChI is InChI=1S/C15H19N5O3.2ClH/c1-15(2)7-20(4-3-10(15)16)13(22)8-5-9-11(17-6-8)18-14(23)19-12(9)21;;/h5-6,10H,3-4,7,16H2,1-2H3,(H2,17,18,19,21,23);2*1H. The first kappa shape index (κ1) is 21.1. The Kier molecular flexibility index (Phi) is 6.39. The van der Waals surface area contributed by atoms with Gasteiger partial charge in [0.25, 0.3) is 11.5 Å². The summed E-state index contributed by atoms with van der Waals surface area (Å²) in [6, 6.07) is 1.51. The van der Waals surface area contributed by atoms with Crippen LogP contribution in [0.1, 0.15) is 30.6 Å². The van der Waals surface area contributed by atoms with E-state index in [2.05, 4.69) is 15.0 Å². The summed E-state index contributed by atoms with van der Waals surface area (Å²) in [5.41, 5.74) is 5.22. The molecule has 0 spiro atoms. The SMILES string of the molecule is CC1(C)CN(C(=O)c2cnc3[nH]c(=O)[nH]c(=O)c3c2)CCC1N.Cl.Cl. The summed E-state index contributed by atoms with van der Waals surface area (Å²) in [6.45, 7) is 5.19. The second-order valence-corrected chi connectivity index (χ2v) is 6.64. The molecule has 3 heterocycles. The highest BCUT2D eigenvalue weighted by Gasteiger charge is 2.35. The summed E-state index contributed by atoms with van der Waals surface area (Å²) in [6.07, 6.45) is 2.11. The lowest BCUT2D eigenvalue weighted by atomic mass is 9.79. The van der Waals surface area contributed by atoms with Crippen LogP contribution in [0.4, 0.5) is 0 Å². The van der Waals surface area contributed by atoms with E-state index >= 15 is 0 Å². The fourth-order valence-corrected chi connectivity index (χ4v) is 2.89. The second-order valence-electron chi connectivity index (χ2n) is 6.64. The molecule has 1 amide bonds. The van der Waals surface area contributed by atoms with Gasteiger partial charge >= 0.3 is 5.69 Å². The van der Waals surface area contributed by atoms with Gasteiger partial charge in [-0.15, -0.1) is 24.8 Å². The number of hydrogen-bond acceptors (Lipinski definition) is 5. The van der Waals surface area contributed by atoms with E-state index in [1.807, 2.05) is 13.8 Å². The molecule has 0 radical (unpaired) electrons. The Hall–Kier alpha value is -1.90. The average molecular weight is 390 g/mol. The molecule has 2 aromatic rings. The third-order valence-electron chi connectivity index (χ3n) is 4.44. The lowest BCUT2D eigenvalue weighted by Crippen LogP contribution is -2.54. The fourth-order valence-electron chi connectivity index (χ4n) is 2.89. The van der Waals surface area contributed by atoms with Crippen LogP contribution < -0.4 is 17.0 Å². The number of rotatable bonds is 1. The van der Waals surface area contributed by atoms with Crippen molar-refractivity contribution in [3.05, 3.63) is 38.7 Å². The summed E-state index contributed by atoms with van der Waals surface area (Å²) in [7, 11) is 0. The predicted molar refractivity (Wildman–Crippen MR) is 99.8 cm³/mol. The normalized spacial score (nSPS) is 19.0. The Morgan fingerprint density at radius 1 is 1.32 bits per heavy atom. The summed E-state index contributed by atoms with van der Waals surface area (Å²) in [4.78, 5) is 46.1. The topological polar surface area (TPSA) is 125 Å². The molecule has 25 heavy (non-hydrogen) atoms. The van der Waals surface area contributed by atoms with Crippen molar-refractivity contribution in [1.29, 1.82) is 0 Å². The van der Waals surface area contributed by atoms with Crippen LogP contribution in [0.25, 0.3) is 11.0 Å². The number of pyridine rings is 1. The number of aromatic amines is 2. The minimum absolute atomic E-state index is 0. The third-order valence-corrected chi connectivity index (χ3v) is 4.44. The van der Waals surface area contributed by atoms with Gasteiger partial charge in [-0.1, -0.05) is 13.8 Å². The molecule has 0 aliphatic carbocycles. The van der Waals surface area contributed by atoms with Crippen LogP contribution in [0.3, 0.4) is 0 Å². The zero-order chi connectivity index (χ0) is 16.8. The van der Waals surface area contributed by atoms with E-state index < -0.39 is 11.2 Å². The monoisotopic (exact) mass is 389 g/mol. The summed E-state index contributed by atoms with van der Waals surface area (Å²) in [5.74, 6) is -0.190. The summed E-state index contributed by atoms with van der Waals surface area (Å²) < 4.78 is 0. The Bertz CT molecular complexity index is 893. The minimum atomic E-state index is -0.624. The van der Waals surface area contributed by atoms with Crippen molar-refractivity contribution < 1.29 is 4.79 Å². The molecule has 3 rings (SSSR count). The van der Waals surface area contributed by atoms with Gasteiger partial charge in [0.2, 0.25) is 0 Å². The molecular formula is C15H21Cl2N5O3. The van der Waals surface area contributed by atoms with Crippen LogP contribution in [-0.2, 0) is 0 Å². The van der Waals surface area contributed by atoms with Crippen LogP contribution >= 0.6 is 24.8 Å². The molecule has 1 aliphatic heterocycles. The first-order chi connectivity index (χ1) is 10.8. The van der Waals surface area contributed by atoms with Crippen molar-refractivity contribution in [2.75, 3.05) is 13.1 Å². The lowest BCUT2D eigenvalue weighted by Gasteiger charge is -2.42. The first-order valence-electron chi connectivity index (χ1n) is 7.45. The van der Waals surface area contributed by atoms with Gasteiger partial charge in [-0.2, -0.15) is 0 Å². The number of aromatic nitrogens is 3. The van der Waals surface area contributed by atoms with E-state index in [0.29, 0.717) is 18.7 Å². The summed E-state index contributed by atoms with van der Waals surface area (Å²) in [5, 5.41) is 0.184. The number of nitrogens with two attached hydrogens (primary N) is 1. The number of H-pyrrole nitrogens is 2. The average Bonchev–Trinajstić information content (AvgIpc) is 2.49. The number of nitrogens with one attached hydrogen (secondary N) is 2. The van der Waals surface area contributed by atoms with Crippen molar-refractivity contribution >= 4 is 41.8 Å². The highest BCUT2D eigenvalue weighted by atomic mass is 35.5. The largest absolute Gasteiger partial charge is 0.338 e. The molecule has 4 N–H and O–H groups in total. The quantitative estimate of drug-likeness (QED) is 0.660. The lowest BCUT2D eigenvalue weighted by molar-refractivity contribution is 0.0533. The molecular weight excluding hydrogens is 369 g/mol. The van der Waals surface area contributed by atoms with E-state index in [1.54, 1.807) is 4.90 Å². The highest BCUT2D eigenvalue weighted by molar-refractivity contribution is 5.96. The Labute approximate surface area is 156 Å². The minimum Gasteiger partial charge on any atom is -0.338 e. The van der Waals surface area contributed by atoms with E-state index in [0.717, 1.165) is 6.42 Å². The maximum atomic E-state index is 12.7. The van der Waals surface area contributed by atoms with Crippen LogP contribution in [0.15, 0.2) is 21.9 Å². The van der Waals surface area contributed by atoms with E-state index in [1.165, 1.54) is 12.3 Å². The molecule has 0 aromatic carbocycles. The zero-order valence-electron chi connectivity index (χ0n) is 13.9. The molecule has 10 heteroatoms. The van der Waals surface area contributed by atoms with Crippen LogP contribution in [0.2, 0.25) is 0 Å². The number of likely N-dealkylation sites (tertiary alicyclic amines) is 1. The van der Waals surface area contributed by atoms with Crippen LogP contribution in [0, 0.1) is 5.41 Å². The molecule has 0 saturated carbocycles. The number of hydrogen-bond donors (Lipinski definition) is 3. The third kappa shape index (κ3) is 4.02.